The first-order chi connectivity index (χ1) is 16.6. The van der Waals surface area contributed by atoms with Gasteiger partial charge >= 0.3 is 0 Å². The second-order valence-electron chi connectivity index (χ2n) is 9.55. The number of thiophene rings is 2. The molecule has 0 saturated carbocycles. The highest BCUT2D eigenvalue weighted by Crippen LogP contribution is 2.35. The van der Waals surface area contributed by atoms with E-state index < -0.39 is 0 Å². The van der Waals surface area contributed by atoms with Crippen LogP contribution in [-0.4, -0.2) is 85.1 Å². The number of hydrogen-bond donors (Lipinski definition) is 1. The van der Waals surface area contributed by atoms with Gasteiger partial charge in [-0.1, -0.05) is 6.07 Å². The number of nitrogens with zero attached hydrogens (tertiary/aromatic N) is 5. The van der Waals surface area contributed by atoms with Crippen LogP contribution in [0.1, 0.15) is 33.0 Å². The second kappa shape index (κ2) is 10.7. The first-order valence-corrected chi connectivity index (χ1v) is 14.0. The van der Waals surface area contributed by atoms with Gasteiger partial charge < -0.3 is 20.0 Å². The Morgan fingerprint density at radius 2 is 1.94 bits per heavy atom. The van der Waals surface area contributed by atoms with Crippen LogP contribution in [0.3, 0.4) is 0 Å². The van der Waals surface area contributed by atoms with Gasteiger partial charge in [0.05, 0.1) is 10.3 Å². The fourth-order valence-corrected chi connectivity index (χ4v) is 6.74. The lowest BCUT2D eigenvalue weighted by molar-refractivity contribution is 0.0940. The van der Waals surface area contributed by atoms with E-state index in [2.05, 4.69) is 54.5 Å². The normalized spacial score (nSPS) is 18.6. The van der Waals surface area contributed by atoms with Crippen molar-refractivity contribution in [1.29, 1.82) is 0 Å². The van der Waals surface area contributed by atoms with Gasteiger partial charge in [-0.2, -0.15) is 0 Å². The number of rotatable bonds is 7. The molecule has 5 heterocycles. The summed E-state index contributed by atoms with van der Waals surface area (Å²) < 4.78 is 0. The van der Waals surface area contributed by atoms with Gasteiger partial charge in [0.2, 0.25) is 0 Å². The fraction of sp³-hybridized carbons (Fsp3) is 0.560. The average Bonchev–Trinajstić information content (AvgIpc) is 3.50. The minimum atomic E-state index is 0.0324. The summed E-state index contributed by atoms with van der Waals surface area (Å²) in [5.74, 6) is 1.56. The monoisotopic (exact) mass is 498 g/mol. The summed E-state index contributed by atoms with van der Waals surface area (Å²) >= 11 is 3.34. The molecule has 2 aliphatic rings. The van der Waals surface area contributed by atoms with Crippen LogP contribution in [0.25, 0.3) is 10.2 Å². The number of amides is 1. The summed E-state index contributed by atoms with van der Waals surface area (Å²) in [5, 5.41) is 6.43. The Morgan fingerprint density at radius 3 is 2.68 bits per heavy atom. The summed E-state index contributed by atoms with van der Waals surface area (Å²) in [6.07, 6.45) is 5.08. The number of fused-ring (bicyclic) bond motifs is 1. The maximum atomic E-state index is 13.1. The van der Waals surface area contributed by atoms with E-state index in [1.165, 1.54) is 16.2 Å². The summed E-state index contributed by atoms with van der Waals surface area (Å²) in [7, 11) is 2.15. The molecule has 2 aliphatic heterocycles. The zero-order chi connectivity index (χ0) is 23.5. The van der Waals surface area contributed by atoms with Crippen molar-refractivity contribution in [2.75, 3.05) is 64.3 Å². The SMILES string of the molecule is Cc1c(C(=O)NCC2CCN(CCc3cccs3)CC2)sc2ncnc(N3CCN(C)CC3)c12. The summed E-state index contributed by atoms with van der Waals surface area (Å²) in [6.45, 7) is 10.1. The zero-order valence-electron chi connectivity index (χ0n) is 20.1. The van der Waals surface area contributed by atoms with Gasteiger partial charge in [-0.15, -0.1) is 22.7 Å². The number of nitrogens with one attached hydrogen (secondary N) is 1. The number of aryl methyl sites for hydroxylation is 1. The molecule has 0 atom stereocenters. The molecule has 3 aromatic heterocycles. The van der Waals surface area contributed by atoms with Crippen LogP contribution in [0.4, 0.5) is 5.82 Å². The third-order valence-corrected chi connectivity index (χ3v) is 9.36. The lowest BCUT2D eigenvalue weighted by atomic mass is 9.96. The van der Waals surface area contributed by atoms with Crippen molar-refractivity contribution in [2.24, 2.45) is 5.92 Å². The van der Waals surface area contributed by atoms with E-state index in [-0.39, 0.29) is 5.91 Å². The highest BCUT2D eigenvalue weighted by Gasteiger charge is 2.25. The molecular weight excluding hydrogens is 464 g/mol. The number of likely N-dealkylation sites (tertiary alicyclic amines) is 1. The van der Waals surface area contributed by atoms with Gasteiger partial charge in [0.1, 0.15) is 17.0 Å². The highest BCUT2D eigenvalue weighted by atomic mass is 32.1. The second-order valence-corrected chi connectivity index (χ2v) is 11.6. The van der Waals surface area contributed by atoms with E-state index >= 15 is 0 Å². The summed E-state index contributed by atoms with van der Waals surface area (Å²) in [4.78, 5) is 32.6. The summed E-state index contributed by atoms with van der Waals surface area (Å²) in [5.41, 5.74) is 1.01. The van der Waals surface area contributed by atoms with Crippen molar-refractivity contribution in [3.05, 3.63) is 39.2 Å². The van der Waals surface area contributed by atoms with Crippen LogP contribution in [0, 0.1) is 12.8 Å². The van der Waals surface area contributed by atoms with Crippen molar-refractivity contribution in [3.8, 4) is 0 Å². The topological polar surface area (TPSA) is 64.6 Å². The maximum absolute atomic E-state index is 13.1. The molecule has 0 radical (unpaired) electrons. The molecule has 182 valence electrons. The lowest BCUT2D eigenvalue weighted by Crippen LogP contribution is -2.44. The van der Waals surface area contributed by atoms with Crippen LogP contribution in [0.15, 0.2) is 23.8 Å². The quantitative estimate of drug-likeness (QED) is 0.538. The summed E-state index contributed by atoms with van der Waals surface area (Å²) in [6, 6.07) is 4.36. The van der Waals surface area contributed by atoms with Gasteiger partial charge in [0.25, 0.3) is 5.91 Å². The van der Waals surface area contributed by atoms with Crippen molar-refractivity contribution in [3.63, 3.8) is 0 Å². The van der Waals surface area contributed by atoms with Crippen LogP contribution >= 0.6 is 22.7 Å². The smallest absolute Gasteiger partial charge is 0.261 e. The van der Waals surface area contributed by atoms with E-state index in [1.807, 2.05) is 18.3 Å². The maximum Gasteiger partial charge on any atom is 0.261 e. The van der Waals surface area contributed by atoms with Crippen LogP contribution in [-0.2, 0) is 6.42 Å². The third-order valence-electron chi connectivity index (χ3n) is 7.23. The van der Waals surface area contributed by atoms with E-state index in [1.54, 1.807) is 6.33 Å². The van der Waals surface area contributed by atoms with E-state index in [4.69, 9.17) is 0 Å². The van der Waals surface area contributed by atoms with Crippen LogP contribution in [0.2, 0.25) is 0 Å². The zero-order valence-corrected chi connectivity index (χ0v) is 21.8. The molecule has 0 aliphatic carbocycles. The molecule has 3 aromatic rings. The predicted molar refractivity (Wildman–Crippen MR) is 141 cm³/mol. The Kier molecular flexibility index (Phi) is 7.43. The van der Waals surface area contributed by atoms with Crippen LogP contribution in [0.5, 0.6) is 0 Å². The van der Waals surface area contributed by atoms with Gasteiger partial charge in [-0.25, -0.2) is 9.97 Å². The van der Waals surface area contributed by atoms with Crippen LogP contribution < -0.4 is 10.2 Å². The van der Waals surface area contributed by atoms with E-state index in [0.29, 0.717) is 5.92 Å². The molecule has 2 fully saturated rings. The Balaban J connectivity index is 1.17. The minimum Gasteiger partial charge on any atom is -0.353 e. The van der Waals surface area contributed by atoms with Crippen molar-refractivity contribution in [2.45, 2.75) is 26.2 Å². The number of anilines is 1. The standard InChI is InChI=1S/C25H34N6OS2/c1-18-21-23(31-13-11-29(2)12-14-31)27-17-28-25(21)34-22(18)24(32)26-16-19-5-8-30(9-6-19)10-7-20-4-3-15-33-20/h3-4,15,17,19H,5-14,16H2,1-2H3,(H,26,32). The number of aromatic nitrogens is 2. The number of likely N-dealkylation sites (N-methyl/N-ethyl adjacent to an activating group) is 1. The number of carbonyl (C=O) groups excluding carboxylic acids is 1. The highest BCUT2D eigenvalue weighted by molar-refractivity contribution is 7.20. The van der Waals surface area contributed by atoms with Crippen molar-refractivity contribution >= 4 is 44.6 Å². The van der Waals surface area contributed by atoms with Gasteiger partial charge in [0.15, 0.2) is 0 Å². The van der Waals surface area contributed by atoms with Crippen molar-refractivity contribution in [1.82, 2.24) is 25.1 Å². The Bertz CT molecular complexity index is 1100. The molecule has 7 nitrogen and oxygen atoms in total. The van der Waals surface area contributed by atoms with Crippen molar-refractivity contribution < 1.29 is 4.79 Å². The molecular formula is C25H34N6OS2. The van der Waals surface area contributed by atoms with E-state index in [9.17, 15) is 4.79 Å². The molecule has 1 N–H and O–H groups in total. The minimum absolute atomic E-state index is 0.0324. The number of piperazine rings is 1. The predicted octanol–water partition coefficient (Wildman–Crippen LogP) is 3.50. The first-order valence-electron chi connectivity index (χ1n) is 12.3. The number of carbonyl (C=O) groups is 1. The average molecular weight is 499 g/mol. The molecule has 0 aromatic carbocycles. The largest absolute Gasteiger partial charge is 0.353 e. The Labute approximate surface area is 209 Å². The molecule has 1 amide bonds. The fourth-order valence-electron chi connectivity index (χ4n) is 4.98. The van der Waals surface area contributed by atoms with E-state index in [0.717, 1.165) is 98.1 Å². The van der Waals surface area contributed by atoms with Gasteiger partial charge in [-0.05, 0) is 69.3 Å². The van der Waals surface area contributed by atoms with Gasteiger partial charge in [-0.3, -0.25) is 4.79 Å². The molecule has 9 heteroatoms. The first kappa shape index (κ1) is 23.7. The Morgan fingerprint density at radius 1 is 1.15 bits per heavy atom. The van der Waals surface area contributed by atoms with Gasteiger partial charge in [0, 0.05) is 44.1 Å². The lowest BCUT2D eigenvalue weighted by Gasteiger charge is -2.33. The molecule has 2 saturated heterocycles. The molecule has 0 spiro atoms. The molecule has 0 unspecified atom stereocenters. The molecule has 34 heavy (non-hydrogen) atoms. The number of piperidine rings is 1. The molecule has 0 bridgehead atoms. The molecule has 5 rings (SSSR count). The third kappa shape index (κ3) is 5.27. The Hall–Kier alpha value is -2.07. The number of hydrogen-bond acceptors (Lipinski definition) is 8.